The number of benzene rings is 3. The van der Waals surface area contributed by atoms with E-state index in [9.17, 15) is 4.79 Å². The molecule has 2 aliphatic heterocycles. The van der Waals surface area contributed by atoms with E-state index in [2.05, 4.69) is 5.32 Å². The van der Waals surface area contributed by atoms with Crippen LogP contribution in [0.15, 0.2) is 69.4 Å². The molecular formula is C25H21ClN2O3S. The lowest BCUT2D eigenvalue weighted by molar-refractivity contribution is 0.0939. The fourth-order valence-electron chi connectivity index (χ4n) is 3.76. The van der Waals surface area contributed by atoms with Gasteiger partial charge in [-0.05, 0) is 67.9 Å². The highest BCUT2D eigenvalue weighted by Crippen LogP contribution is 2.41. The van der Waals surface area contributed by atoms with Crippen LogP contribution in [0.2, 0.25) is 5.02 Å². The van der Waals surface area contributed by atoms with E-state index >= 15 is 0 Å². The third-order valence-corrected chi connectivity index (χ3v) is 6.85. The molecule has 0 aromatic heterocycles. The van der Waals surface area contributed by atoms with Crippen LogP contribution in [0.4, 0.5) is 5.69 Å². The number of ether oxygens (including phenoxy) is 2. The van der Waals surface area contributed by atoms with Crippen molar-refractivity contribution in [2.75, 3.05) is 13.2 Å². The van der Waals surface area contributed by atoms with Gasteiger partial charge >= 0.3 is 0 Å². The van der Waals surface area contributed by atoms with Crippen LogP contribution >= 0.6 is 23.4 Å². The third kappa shape index (κ3) is 4.08. The van der Waals surface area contributed by atoms with Gasteiger partial charge in [-0.1, -0.05) is 29.4 Å². The van der Waals surface area contributed by atoms with Gasteiger partial charge in [0.15, 0.2) is 11.5 Å². The van der Waals surface area contributed by atoms with Crippen LogP contribution in [-0.4, -0.2) is 24.8 Å². The number of halogens is 1. The van der Waals surface area contributed by atoms with Crippen LogP contribution in [0.5, 0.6) is 11.5 Å². The van der Waals surface area contributed by atoms with Crippen molar-refractivity contribution in [2.24, 2.45) is 4.99 Å². The van der Waals surface area contributed by atoms with E-state index in [1.165, 1.54) is 0 Å². The second-order valence-electron chi connectivity index (χ2n) is 7.72. The molecule has 1 atom stereocenters. The summed E-state index contributed by atoms with van der Waals surface area (Å²) in [6.07, 6.45) is 0. The summed E-state index contributed by atoms with van der Waals surface area (Å²) >= 11 is 7.81. The molecule has 0 fully saturated rings. The number of carbonyl (C=O) groups is 1. The minimum atomic E-state index is -0.192. The molecule has 2 heterocycles. The first-order valence-corrected chi connectivity index (χ1v) is 11.5. The monoisotopic (exact) mass is 464 g/mol. The molecule has 0 spiro atoms. The Kier molecular flexibility index (Phi) is 5.57. The van der Waals surface area contributed by atoms with E-state index in [1.54, 1.807) is 11.8 Å². The van der Waals surface area contributed by atoms with Gasteiger partial charge < -0.3 is 14.8 Å². The van der Waals surface area contributed by atoms with Gasteiger partial charge in [0.05, 0.1) is 11.7 Å². The molecule has 0 radical (unpaired) electrons. The Morgan fingerprint density at radius 1 is 1.03 bits per heavy atom. The van der Waals surface area contributed by atoms with Crippen molar-refractivity contribution in [1.29, 1.82) is 0 Å². The maximum atomic E-state index is 13.0. The summed E-state index contributed by atoms with van der Waals surface area (Å²) in [6.45, 7) is 4.99. The highest BCUT2D eigenvalue weighted by molar-refractivity contribution is 7.99. The van der Waals surface area contributed by atoms with Gasteiger partial charge in [0.1, 0.15) is 13.2 Å². The molecule has 1 amide bonds. The second-order valence-corrected chi connectivity index (χ2v) is 9.24. The smallest absolute Gasteiger partial charge is 0.251 e. The molecular weight excluding hydrogens is 444 g/mol. The lowest BCUT2D eigenvalue weighted by Gasteiger charge is -2.21. The molecule has 7 heteroatoms. The quantitative estimate of drug-likeness (QED) is 0.500. The second kappa shape index (κ2) is 8.52. The van der Waals surface area contributed by atoms with Crippen molar-refractivity contribution < 1.29 is 14.3 Å². The predicted molar refractivity (Wildman–Crippen MR) is 127 cm³/mol. The lowest BCUT2D eigenvalue weighted by atomic mass is 10.1. The minimum absolute atomic E-state index is 0.155. The molecule has 3 aromatic rings. The van der Waals surface area contributed by atoms with Gasteiger partial charge in [0.25, 0.3) is 5.91 Å². The Morgan fingerprint density at radius 2 is 1.81 bits per heavy atom. The van der Waals surface area contributed by atoms with Crippen molar-refractivity contribution >= 4 is 40.7 Å². The summed E-state index contributed by atoms with van der Waals surface area (Å²) in [5.41, 5.74) is 4.18. The van der Waals surface area contributed by atoms with Crippen LogP contribution in [0.3, 0.4) is 0 Å². The van der Waals surface area contributed by atoms with Crippen LogP contribution in [0.1, 0.15) is 41.4 Å². The summed E-state index contributed by atoms with van der Waals surface area (Å²) in [5.74, 6) is 1.29. The molecule has 0 saturated carbocycles. The number of nitrogens with zero attached hydrogens (tertiary/aromatic N) is 1. The average Bonchev–Trinajstić information content (AvgIpc) is 2.93. The number of aliphatic imine (C=N–C) groups is 1. The zero-order valence-corrected chi connectivity index (χ0v) is 19.2. The molecule has 162 valence electrons. The molecule has 32 heavy (non-hydrogen) atoms. The average molecular weight is 465 g/mol. The molecule has 0 aliphatic carbocycles. The molecule has 5 nitrogen and oxygen atoms in total. The topological polar surface area (TPSA) is 59.9 Å². The predicted octanol–water partition coefficient (Wildman–Crippen LogP) is 6.21. The van der Waals surface area contributed by atoms with Crippen molar-refractivity contribution in [3.63, 3.8) is 0 Å². The highest BCUT2D eigenvalue weighted by atomic mass is 35.5. The van der Waals surface area contributed by atoms with Crippen molar-refractivity contribution in [3.05, 3.63) is 76.3 Å². The first kappa shape index (κ1) is 20.9. The first-order chi connectivity index (χ1) is 15.5. The number of nitrogens with one attached hydrogen (secondary N) is 1. The van der Waals surface area contributed by atoms with Gasteiger partial charge in [-0.3, -0.25) is 9.79 Å². The Hall–Kier alpha value is -2.96. The van der Waals surface area contributed by atoms with E-state index in [-0.39, 0.29) is 11.9 Å². The minimum Gasteiger partial charge on any atom is -0.486 e. The van der Waals surface area contributed by atoms with Gasteiger partial charge in [-0.2, -0.15) is 0 Å². The van der Waals surface area contributed by atoms with Gasteiger partial charge in [0, 0.05) is 31.7 Å². The van der Waals surface area contributed by atoms with Crippen LogP contribution in [-0.2, 0) is 0 Å². The summed E-state index contributed by atoms with van der Waals surface area (Å²) in [6, 6.07) is 17.0. The Balaban J connectivity index is 1.38. The van der Waals surface area contributed by atoms with E-state index in [0.29, 0.717) is 29.5 Å². The van der Waals surface area contributed by atoms with Crippen LogP contribution in [0.25, 0.3) is 0 Å². The fraction of sp³-hybridized carbons (Fsp3) is 0.200. The normalized spacial score (nSPS) is 15.0. The largest absolute Gasteiger partial charge is 0.486 e. The molecule has 5 rings (SSSR count). The van der Waals surface area contributed by atoms with Crippen molar-refractivity contribution in [3.8, 4) is 11.5 Å². The summed E-state index contributed by atoms with van der Waals surface area (Å²) in [5, 5.41) is 3.75. The van der Waals surface area contributed by atoms with Gasteiger partial charge in [-0.25, -0.2) is 0 Å². The molecule has 2 aliphatic rings. The Bertz CT molecular complexity index is 1260. The maximum absolute atomic E-state index is 13.0. The molecule has 0 bridgehead atoms. The maximum Gasteiger partial charge on any atom is 0.251 e. The molecule has 1 N–H and O–H groups in total. The standard InChI is InChI=1S/C25H21ClN2O3S/c1-14(16-3-6-21-22(12-16)31-10-9-30-21)28-25(29)17-4-7-24-20(11-17)27-15(2)19-13-18(26)5-8-23(19)32-24/h3-8,11-14H,9-10H2,1-2H3,(H,28,29)/t14-/m1/s1. The number of hydrogen-bond acceptors (Lipinski definition) is 5. The van der Waals surface area contributed by atoms with Crippen LogP contribution in [0, 0.1) is 0 Å². The van der Waals surface area contributed by atoms with E-state index < -0.39 is 0 Å². The van der Waals surface area contributed by atoms with Gasteiger partial charge in [-0.15, -0.1) is 0 Å². The zero-order chi connectivity index (χ0) is 22.2. The number of amides is 1. The van der Waals surface area contributed by atoms with Crippen LogP contribution < -0.4 is 14.8 Å². The number of rotatable bonds is 3. The third-order valence-electron chi connectivity index (χ3n) is 5.47. The van der Waals surface area contributed by atoms with E-state index in [1.807, 2.05) is 68.4 Å². The number of carbonyl (C=O) groups excluding carboxylic acids is 1. The lowest BCUT2D eigenvalue weighted by Crippen LogP contribution is -2.26. The first-order valence-electron chi connectivity index (χ1n) is 10.4. The molecule has 0 saturated heterocycles. The SMILES string of the molecule is CC1=Nc2cc(C(=O)N[C@H](C)c3ccc4c(c3)OCCO4)ccc2Sc2ccc(Cl)cc21. The molecule has 3 aromatic carbocycles. The highest BCUT2D eigenvalue weighted by Gasteiger charge is 2.19. The number of hydrogen-bond donors (Lipinski definition) is 1. The fourth-order valence-corrected chi connectivity index (χ4v) is 4.97. The Labute approximate surface area is 195 Å². The summed E-state index contributed by atoms with van der Waals surface area (Å²) < 4.78 is 11.2. The zero-order valence-electron chi connectivity index (χ0n) is 17.6. The Morgan fingerprint density at radius 3 is 2.66 bits per heavy atom. The van der Waals surface area contributed by atoms with E-state index in [0.717, 1.165) is 38.1 Å². The number of fused-ring (bicyclic) bond motifs is 3. The van der Waals surface area contributed by atoms with Gasteiger partial charge in [0.2, 0.25) is 0 Å². The summed E-state index contributed by atoms with van der Waals surface area (Å²) in [4.78, 5) is 19.9. The van der Waals surface area contributed by atoms with E-state index in [4.69, 9.17) is 26.1 Å². The van der Waals surface area contributed by atoms with Crippen molar-refractivity contribution in [2.45, 2.75) is 29.7 Å². The van der Waals surface area contributed by atoms with Crippen molar-refractivity contribution in [1.82, 2.24) is 5.32 Å². The summed E-state index contributed by atoms with van der Waals surface area (Å²) in [7, 11) is 0. The molecule has 0 unspecified atom stereocenters.